The monoisotopic (exact) mass is 511 g/mol. The van der Waals surface area contributed by atoms with Crippen LogP contribution in [0.5, 0.6) is 0 Å². The number of hydrogen-bond acceptors (Lipinski definition) is 7. The van der Waals surface area contributed by atoms with E-state index >= 15 is 0 Å². The number of aromatic nitrogens is 5. The number of rotatable bonds is 6. The van der Waals surface area contributed by atoms with Crippen LogP contribution in [-0.2, 0) is 16.1 Å². The largest absolute Gasteiger partial charge is 0.329 e. The highest BCUT2D eigenvalue weighted by Crippen LogP contribution is 2.28. The summed E-state index contributed by atoms with van der Waals surface area (Å²) in [6.07, 6.45) is 5.65. The topological polar surface area (TPSA) is 123 Å². The lowest BCUT2D eigenvalue weighted by Gasteiger charge is -2.24. The van der Waals surface area contributed by atoms with Crippen molar-refractivity contribution >= 4 is 34.3 Å². The number of hydrogen-bond donors (Lipinski definition) is 1. The van der Waals surface area contributed by atoms with E-state index in [1.54, 1.807) is 34.2 Å². The summed E-state index contributed by atoms with van der Waals surface area (Å²) in [5.41, 5.74) is 3.47. The maximum atomic E-state index is 13.5. The summed E-state index contributed by atoms with van der Waals surface area (Å²) in [4.78, 5) is 53.5. The molecule has 0 spiro atoms. The Morgan fingerprint density at radius 1 is 1.05 bits per heavy atom. The highest BCUT2D eigenvalue weighted by atomic mass is 16.2. The molecule has 10 heteroatoms. The van der Waals surface area contributed by atoms with Crippen molar-refractivity contribution in [3.8, 4) is 11.1 Å². The lowest BCUT2D eigenvalue weighted by Crippen LogP contribution is -2.44. The lowest BCUT2D eigenvalue weighted by molar-refractivity contribution is -0.137. The van der Waals surface area contributed by atoms with Crippen LogP contribution in [0, 0.1) is 19.8 Å². The summed E-state index contributed by atoms with van der Waals surface area (Å²) >= 11 is 0. The van der Waals surface area contributed by atoms with Gasteiger partial charge in [0.2, 0.25) is 11.8 Å². The zero-order valence-electron chi connectivity index (χ0n) is 21.8. The molecule has 0 radical (unpaired) electrons. The maximum absolute atomic E-state index is 13.5. The van der Waals surface area contributed by atoms with Gasteiger partial charge in [0.05, 0.1) is 5.52 Å². The number of amides is 2. The fourth-order valence-corrected chi connectivity index (χ4v) is 4.89. The van der Waals surface area contributed by atoms with Gasteiger partial charge < -0.3 is 10.2 Å². The van der Waals surface area contributed by atoms with Gasteiger partial charge in [0.1, 0.15) is 29.9 Å². The van der Waals surface area contributed by atoms with Crippen molar-refractivity contribution in [1.29, 1.82) is 0 Å². The molecule has 4 heterocycles. The van der Waals surface area contributed by atoms with E-state index in [1.165, 1.54) is 6.92 Å². The van der Waals surface area contributed by atoms with Gasteiger partial charge in [-0.1, -0.05) is 19.1 Å². The van der Waals surface area contributed by atoms with Crippen LogP contribution in [0.2, 0.25) is 0 Å². The predicted octanol–water partition coefficient (Wildman–Crippen LogP) is 3.58. The summed E-state index contributed by atoms with van der Waals surface area (Å²) < 4.78 is 1.55. The number of carbonyl (C=O) groups excluding carboxylic acids is 3. The number of aryl methyl sites for hydroxylation is 2. The van der Waals surface area contributed by atoms with Crippen molar-refractivity contribution in [1.82, 2.24) is 29.6 Å². The fraction of sp³-hybridized carbons (Fsp3) is 0.321. The van der Waals surface area contributed by atoms with Crippen molar-refractivity contribution in [2.75, 3.05) is 11.9 Å². The average molecular weight is 512 g/mol. The Kier molecular flexibility index (Phi) is 6.71. The SMILES string of the molecule is CC(=O)c1nn(CC(=O)N2CC(C)CC2C(=O)Nc2ncccc2C)c2ccc(-c3cnc(C)nc3)cc12. The van der Waals surface area contributed by atoms with E-state index in [1.807, 2.05) is 45.0 Å². The van der Waals surface area contributed by atoms with Crippen molar-refractivity contribution in [3.05, 3.63) is 66.0 Å². The molecular weight excluding hydrogens is 482 g/mol. The Hall–Kier alpha value is -4.47. The van der Waals surface area contributed by atoms with Crippen LogP contribution in [0.25, 0.3) is 22.0 Å². The van der Waals surface area contributed by atoms with E-state index in [4.69, 9.17) is 0 Å². The molecule has 0 saturated carbocycles. The molecule has 1 N–H and O–H groups in total. The average Bonchev–Trinajstić information content (AvgIpc) is 3.46. The van der Waals surface area contributed by atoms with Crippen LogP contribution in [0.3, 0.4) is 0 Å². The van der Waals surface area contributed by atoms with E-state index in [0.29, 0.717) is 35.5 Å². The minimum atomic E-state index is -0.610. The summed E-state index contributed by atoms with van der Waals surface area (Å²) in [7, 11) is 0. The second-order valence-electron chi connectivity index (χ2n) is 9.87. The minimum Gasteiger partial charge on any atom is -0.329 e. The number of carbonyl (C=O) groups is 3. The van der Waals surface area contributed by atoms with E-state index in [9.17, 15) is 14.4 Å². The number of nitrogens with one attached hydrogen (secondary N) is 1. The molecule has 194 valence electrons. The molecule has 1 fully saturated rings. The molecule has 2 unspecified atom stereocenters. The third kappa shape index (κ3) is 4.89. The van der Waals surface area contributed by atoms with E-state index < -0.39 is 6.04 Å². The van der Waals surface area contributed by atoms with Gasteiger partial charge in [-0.25, -0.2) is 15.0 Å². The van der Waals surface area contributed by atoms with Gasteiger partial charge in [0.15, 0.2) is 5.78 Å². The number of likely N-dealkylation sites (tertiary alicyclic amines) is 1. The zero-order chi connectivity index (χ0) is 27.0. The molecule has 2 amide bonds. The second kappa shape index (κ2) is 10.1. The Morgan fingerprint density at radius 3 is 2.53 bits per heavy atom. The summed E-state index contributed by atoms with van der Waals surface area (Å²) in [6.45, 7) is 7.54. The number of Topliss-reactive ketones (excluding diaryl/α,β-unsaturated/α-hetero) is 1. The first-order valence-electron chi connectivity index (χ1n) is 12.5. The lowest BCUT2D eigenvalue weighted by atomic mass is 10.0. The summed E-state index contributed by atoms with van der Waals surface area (Å²) in [5, 5.41) is 8.02. The Labute approximate surface area is 220 Å². The molecule has 1 saturated heterocycles. The summed E-state index contributed by atoms with van der Waals surface area (Å²) in [6, 6.07) is 8.68. The van der Waals surface area contributed by atoms with Crippen LogP contribution < -0.4 is 5.32 Å². The smallest absolute Gasteiger partial charge is 0.248 e. The molecule has 2 atom stereocenters. The molecule has 1 aliphatic heterocycles. The van der Waals surface area contributed by atoms with Crippen molar-refractivity contribution in [3.63, 3.8) is 0 Å². The molecule has 1 aliphatic rings. The highest BCUT2D eigenvalue weighted by Gasteiger charge is 2.38. The van der Waals surface area contributed by atoms with Gasteiger partial charge in [0, 0.05) is 43.0 Å². The number of nitrogens with zero attached hydrogens (tertiary/aromatic N) is 6. The van der Waals surface area contributed by atoms with E-state index in [0.717, 1.165) is 16.7 Å². The van der Waals surface area contributed by atoms with Gasteiger partial charge in [0.25, 0.3) is 0 Å². The summed E-state index contributed by atoms with van der Waals surface area (Å²) in [5.74, 6) is 0.636. The molecule has 3 aromatic heterocycles. The van der Waals surface area contributed by atoms with Crippen LogP contribution in [0.15, 0.2) is 48.9 Å². The van der Waals surface area contributed by atoms with Crippen LogP contribution >= 0.6 is 0 Å². The molecule has 5 rings (SSSR count). The molecule has 38 heavy (non-hydrogen) atoms. The number of pyridine rings is 1. The standard InChI is InChI=1S/C28H29N7O3/c1-16-10-24(28(38)32-27-17(2)6-5-9-29-27)34(14-16)25(37)15-35-23-8-7-20(21-12-30-19(4)31-13-21)11-22(23)26(33-35)18(3)36/h5-9,11-13,16,24H,10,14-15H2,1-4H3,(H,29,32,38). The maximum Gasteiger partial charge on any atom is 0.248 e. The first kappa shape index (κ1) is 25.2. The Bertz CT molecular complexity index is 1540. The fourth-order valence-electron chi connectivity index (χ4n) is 4.89. The Balaban J connectivity index is 1.41. The van der Waals surface area contributed by atoms with Gasteiger partial charge >= 0.3 is 0 Å². The zero-order valence-corrected chi connectivity index (χ0v) is 21.8. The van der Waals surface area contributed by atoms with Crippen molar-refractivity contribution in [2.24, 2.45) is 5.92 Å². The predicted molar refractivity (Wildman–Crippen MR) is 142 cm³/mol. The third-order valence-electron chi connectivity index (χ3n) is 6.87. The van der Waals surface area contributed by atoms with Crippen LogP contribution in [-0.4, -0.2) is 59.8 Å². The quantitative estimate of drug-likeness (QED) is 0.393. The molecular formula is C28H29N7O3. The minimum absolute atomic E-state index is 0.0874. The molecule has 10 nitrogen and oxygen atoms in total. The molecule has 1 aromatic carbocycles. The highest BCUT2D eigenvalue weighted by molar-refractivity contribution is 6.06. The third-order valence-corrected chi connectivity index (χ3v) is 6.87. The molecule has 0 bridgehead atoms. The Morgan fingerprint density at radius 2 is 1.82 bits per heavy atom. The molecule has 4 aromatic rings. The van der Waals surface area contributed by atoms with Gasteiger partial charge in [-0.3, -0.25) is 19.1 Å². The van der Waals surface area contributed by atoms with E-state index in [2.05, 4.69) is 25.4 Å². The van der Waals surface area contributed by atoms with E-state index in [-0.39, 0.29) is 35.8 Å². The number of ketones is 1. The first-order valence-corrected chi connectivity index (χ1v) is 12.5. The van der Waals surface area contributed by atoms with Gasteiger partial charge in [-0.2, -0.15) is 5.10 Å². The van der Waals surface area contributed by atoms with Crippen molar-refractivity contribution in [2.45, 2.75) is 46.7 Å². The molecule has 0 aliphatic carbocycles. The first-order chi connectivity index (χ1) is 18.2. The normalized spacial score (nSPS) is 17.1. The van der Waals surface area contributed by atoms with Crippen LogP contribution in [0.4, 0.5) is 5.82 Å². The number of benzene rings is 1. The van der Waals surface area contributed by atoms with Gasteiger partial charge in [-0.15, -0.1) is 0 Å². The second-order valence-corrected chi connectivity index (χ2v) is 9.87. The number of anilines is 1. The number of fused-ring (bicyclic) bond motifs is 1. The van der Waals surface area contributed by atoms with Crippen LogP contribution in [0.1, 0.15) is 42.1 Å². The van der Waals surface area contributed by atoms with Gasteiger partial charge in [-0.05, 0) is 55.5 Å². The van der Waals surface area contributed by atoms with Crippen molar-refractivity contribution < 1.29 is 14.4 Å².